The molecule has 4 heteroatoms. The van der Waals surface area contributed by atoms with Gasteiger partial charge in [0.2, 0.25) is 5.91 Å². The lowest BCUT2D eigenvalue weighted by atomic mass is 9.86. The van der Waals surface area contributed by atoms with E-state index in [0.717, 1.165) is 12.1 Å². The molecule has 0 spiro atoms. The number of carbonyl (C=O) groups is 1. The first-order valence-electron chi connectivity index (χ1n) is 7.83. The number of carbonyl (C=O) groups excluding carboxylic acids is 1. The van der Waals surface area contributed by atoms with Crippen molar-refractivity contribution in [3.8, 4) is 0 Å². The Labute approximate surface area is 126 Å². The highest BCUT2D eigenvalue weighted by Crippen LogP contribution is 2.30. The topological polar surface area (TPSA) is 41.6 Å². The van der Waals surface area contributed by atoms with Crippen LogP contribution in [0.3, 0.4) is 0 Å². The molecule has 4 atom stereocenters. The Balaban J connectivity index is 1.76. The van der Waals surface area contributed by atoms with Crippen molar-refractivity contribution < 1.29 is 9.53 Å². The Bertz CT molecular complexity index is 521. The minimum Gasteiger partial charge on any atom is -0.382 e. The lowest BCUT2D eigenvalue weighted by Crippen LogP contribution is -2.53. The number of fused-ring (bicyclic) bond motifs is 1. The highest BCUT2D eigenvalue weighted by molar-refractivity contribution is 5.81. The summed E-state index contributed by atoms with van der Waals surface area (Å²) >= 11 is 0. The number of amides is 1. The summed E-state index contributed by atoms with van der Waals surface area (Å²) < 4.78 is 5.73. The Kier molecular flexibility index (Phi) is 3.89. The summed E-state index contributed by atoms with van der Waals surface area (Å²) in [4.78, 5) is 14.9. The lowest BCUT2D eigenvalue weighted by molar-refractivity contribution is -0.147. The molecular weight excluding hydrogens is 264 g/mol. The SMILES string of the molecule is CC1Nc2ccccc2CC1C(=O)N1C[C@@H](C)O[C@@H](C)C1. The van der Waals surface area contributed by atoms with Gasteiger partial charge in [0.15, 0.2) is 0 Å². The highest BCUT2D eigenvalue weighted by Gasteiger charge is 2.35. The fourth-order valence-electron chi connectivity index (χ4n) is 3.49. The van der Waals surface area contributed by atoms with Crippen LogP contribution in [-0.2, 0) is 16.0 Å². The van der Waals surface area contributed by atoms with Gasteiger partial charge >= 0.3 is 0 Å². The molecule has 0 bridgehead atoms. The molecule has 2 heterocycles. The van der Waals surface area contributed by atoms with E-state index in [-0.39, 0.29) is 30.1 Å². The van der Waals surface area contributed by atoms with Crippen molar-refractivity contribution in [3.63, 3.8) is 0 Å². The van der Waals surface area contributed by atoms with Crippen LogP contribution in [-0.4, -0.2) is 42.1 Å². The fourth-order valence-corrected chi connectivity index (χ4v) is 3.49. The van der Waals surface area contributed by atoms with Crippen LogP contribution in [0.1, 0.15) is 26.3 Å². The second-order valence-electron chi connectivity index (χ2n) is 6.40. The summed E-state index contributed by atoms with van der Waals surface area (Å²) in [6.07, 6.45) is 1.07. The van der Waals surface area contributed by atoms with Crippen molar-refractivity contribution in [2.24, 2.45) is 5.92 Å². The number of morpholine rings is 1. The van der Waals surface area contributed by atoms with Gasteiger partial charge in [0.25, 0.3) is 0 Å². The van der Waals surface area contributed by atoms with E-state index in [1.54, 1.807) is 0 Å². The molecule has 0 saturated carbocycles. The zero-order chi connectivity index (χ0) is 15.0. The summed E-state index contributed by atoms with van der Waals surface area (Å²) in [6, 6.07) is 8.44. The molecule has 1 aromatic rings. The first-order chi connectivity index (χ1) is 10.0. The van der Waals surface area contributed by atoms with E-state index in [1.807, 2.05) is 30.9 Å². The summed E-state index contributed by atoms with van der Waals surface area (Å²) in [5, 5.41) is 3.47. The van der Waals surface area contributed by atoms with Gasteiger partial charge in [0.1, 0.15) is 0 Å². The van der Waals surface area contributed by atoms with Crippen LogP contribution >= 0.6 is 0 Å². The smallest absolute Gasteiger partial charge is 0.228 e. The van der Waals surface area contributed by atoms with Gasteiger partial charge in [-0.05, 0) is 38.8 Å². The van der Waals surface area contributed by atoms with Crippen molar-refractivity contribution in [2.75, 3.05) is 18.4 Å². The van der Waals surface area contributed by atoms with Gasteiger partial charge < -0.3 is 15.0 Å². The fraction of sp³-hybridized carbons (Fsp3) is 0.588. The van der Waals surface area contributed by atoms with Gasteiger partial charge in [0, 0.05) is 24.8 Å². The summed E-state index contributed by atoms with van der Waals surface area (Å²) in [5.41, 5.74) is 2.40. The molecule has 114 valence electrons. The lowest BCUT2D eigenvalue weighted by Gasteiger charge is -2.40. The average molecular weight is 288 g/mol. The van der Waals surface area contributed by atoms with Crippen LogP contribution in [0.4, 0.5) is 5.69 Å². The van der Waals surface area contributed by atoms with E-state index in [2.05, 4.69) is 24.4 Å². The van der Waals surface area contributed by atoms with Crippen molar-refractivity contribution in [2.45, 2.75) is 45.4 Å². The molecule has 2 aliphatic heterocycles. The third-order valence-electron chi connectivity index (χ3n) is 4.49. The third kappa shape index (κ3) is 2.91. The quantitative estimate of drug-likeness (QED) is 0.862. The van der Waals surface area contributed by atoms with E-state index < -0.39 is 0 Å². The van der Waals surface area contributed by atoms with Crippen LogP contribution in [0.5, 0.6) is 0 Å². The Morgan fingerprint density at radius 2 is 1.86 bits per heavy atom. The molecule has 4 nitrogen and oxygen atoms in total. The van der Waals surface area contributed by atoms with Crippen LogP contribution in [0.15, 0.2) is 24.3 Å². The number of rotatable bonds is 1. The van der Waals surface area contributed by atoms with Crippen LogP contribution in [0.25, 0.3) is 0 Å². The minimum atomic E-state index is 0.0115. The van der Waals surface area contributed by atoms with Gasteiger partial charge in [-0.25, -0.2) is 0 Å². The number of para-hydroxylation sites is 1. The molecule has 1 saturated heterocycles. The zero-order valence-corrected chi connectivity index (χ0v) is 13.0. The van der Waals surface area contributed by atoms with Crippen molar-refractivity contribution in [1.82, 2.24) is 4.90 Å². The summed E-state index contributed by atoms with van der Waals surface area (Å²) in [7, 11) is 0. The second kappa shape index (κ2) is 5.68. The normalized spacial score (nSPS) is 32.2. The summed E-state index contributed by atoms with van der Waals surface area (Å²) in [6.45, 7) is 7.58. The number of nitrogens with zero attached hydrogens (tertiary/aromatic N) is 1. The molecule has 3 rings (SSSR count). The van der Waals surface area contributed by atoms with Crippen LogP contribution < -0.4 is 5.32 Å². The predicted octanol–water partition coefficient (Wildman–Crippen LogP) is 2.30. The Morgan fingerprint density at radius 3 is 2.57 bits per heavy atom. The first kappa shape index (κ1) is 14.4. The number of hydrogen-bond donors (Lipinski definition) is 1. The van der Waals surface area contributed by atoms with Crippen molar-refractivity contribution in [3.05, 3.63) is 29.8 Å². The first-order valence-corrected chi connectivity index (χ1v) is 7.83. The predicted molar refractivity (Wildman–Crippen MR) is 83.3 cm³/mol. The monoisotopic (exact) mass is 288 g/mol. The van der Waals surface area contributed by atoms with Crippen molar-refractivity contribution >= 4 is 11.6 Å². The third-order valence-corrected chi connectivity index (χ3v) is 4.49. The van der Waals surface area contributed by atoms with E-state index in [0.29, 0.717) is 13.1 Å². The molecule has 0 aliphatic carbocycles. The number of benzene rings is 1. The maximum absolute atomic E-state index is 12.9. The van der Waals surface area contributed by atoms with E-state index in [4.69, 9.17) is 4.74 Å². The zero-order valence-electron chi connectivity index (χ0n) is 13.0. The number of anilines is 1. The number of hydrogen-bond acceptors (Lipinski definition) is 3. The van der Waals surface area contributed by atoms with Gasteiger partial charge in [-0.2, -0.15) is 0 Å². The largest absolute Gasteiger partial charge is 0.382 e. The van der Waals surface area contributed by atoms with E-state index >= 15 is 0 Å². The van der Waals surface area contributed by atoms with Gasteiger partial charge in [0.05, 0.1) is 18.1 Å². The van der Waals surface area contributed by atoms with Crippen LogP contribution in [0.2, 0.25) is 0 Å². The molecular formula is C17H24N2O2. The van der Waals surface area contributed by atoms with Gasteiger partial charge in [-0.15, -0.1) is 0 Å². The average Bonchev–Trinajstić information content (AvgIpc) is 2.44. The van der Waals surface area contributed by atoms with Gasteiger partial charge in [-0.1, -0.05) is 18.2 Å². The van der Waals surface area contributed by atoms with Crippen LogP contribution in [0, 0.1) is 5.92 Å². The number of nitrogens with one attached hydrogen (secondary N) is 1. The maximum Gasteiger partial charge on any atom is 0.228 e. The molecule has 0 radical (unpaired) electrons. The summed E-state index contributed by atoms with van der Waals surface area (Å²) in [5.74, 6) is 0.268. The standard InChI is InChI=1S/C17H24N2O2/c1-11-9-19(10-12(2)21-11)17(20)15-8-14-6-4-5-7-16(14)18-13(15)3/h4-7,11-13,15,18H,8-10H2,1-3H3/t11-,12+,13?,15?. The van der Waals surface area contributed by atoms with E-state index in [9.17, 15) is 4.79 Å². The number of ether oxygens (including phenoxy) is 1. The molecule has 1 fully saturated rings. The molecule has 1 aromatic carbocycles. The molecule has 21 heavy (non-hydrogen) atoms. The van der Waals surface area contributed by atoms with Gasteiger partial charge in [-0.3, -0.25) is 4.79 Å². The second-order valence-corrected chi connectivity index (χ2v) is 6.40. The molecule has 2 unspecified atom stereocenters. The highest BCUT2D eigenvalue weighted by atomic mass is 16.5. The Morgan fingerprint density at radius 1 is 1.19 bits per heavy atom. The molecule has 1 amide bonds. The molecule has 2 aliphatic rings. The minimum absolute atomic E-state index is 0.0115. The molecule has 0 aromatic heterocycles. The van der Waals surface area contributed by atoms with Crippen molar-refractivity contribution in [1.29, 1.82) is 0 Å². The van der Waals surface area contributed by atoms with E-state index in [1.165, 1.54) is 5.56 Å². The maximum atomic E-state index is 12.9. The molecule has 1 N–H and O–H groups in total. The Hall–Kier alpha value is -1.55.